The average molecular weight is 328 g/mol. The Morgan fingerprint density at radius 2 is 1.29 bits per heavy atom. The molecule has 0 atom stereocenters. The Hall–Kier alpha value is 0.150. The van der Waals surface area contributed by atoms with E-state index in [0.29, 0.717) is 5.56 Å². The molecule has 0 nitrogen and oxygen atoms in total. The number of rotatable bonds is 1. The lowest BCUT2D eigenvalue weighted by atomic mass is 10.0. The van der Waals surface area contributed by atoms with Crippen LogP contribution in [0, 0.1) is 0 Å². The van der Waals surface area contributed by atoms with E-state index in [2.05, 4.69) is 0 Å². The molecule has 0 saturated heterocycles. The summed E-state index contributed by atoms with van der Waals surface area (Å²) in [6.07, 6.45) is 0. The van der Waals surface area contributed by atoms with E-state index in [9.17, 15) is 0 Å². The molecule has 2 aromatic rings. The third-order valence-electron chi connectivity index (χ3n) is 2.48. The lowest BCUT2D eigenvalue weighted by Gasteiger charge is -2.28. The van der Waals surface area contributed by atoms with E-state index < -0.39 is 8.13 Å². The van der Waals surface area contributed by atoms with Crippen LogP contribution in [-0.4, -0.2) is 3.79 Å². The molecule has 0 N–H and O–H groups in total. The van der Waals surface area contributed by atoms with Crippen molar-refractivity contribution < 1.29 is 0 Å². The van der Waals surface area contributed by atoms with Gasteiger partial charge in [0, 0.05) is 0 Å². The van der Waals surface area contributed by atoms with E-state index in [1.165, 1.54) is 0 Å². The van der Waals surface area contributed by atoms with Gasteiger partial charge in [-0.05, 0) is 16.3 Å². The van der Waals surface area contributed by atoms with Crippen molar-refractivity contribution in [2.75, 3.05) is 0 Å². The van der Waals surface area contributed by atoms with Crippen LogP contribution >= 0.6 is 58.0 Å². The van der Waals surface area contributed by atoms with Gasteiger partial charge in [0.1, 0.15) is 0 Å². The Morgan fingerprint density at radius 1 is 0.706 bits per heavy atom. The Bertz CT molecular complexity index is 537. The summed E-state index contributed by atoms with van der Waals surface area (Å²) in [6.45, 7) is 0. The van der Waals surface area contributed by atoms with Crippen molar-refractivity contribution in [1.29, 1.82) is 0 Å². The largest absolute Gasteiger partial charge is 0.227 e. The van der Waals surface area contributed by atoms with Crippen molar-refractivity contribution in [1.82, 2.24) is 0 Å². The minimum Gasteiger partial charge on any atom is -0.0914 e. The molecule has 0 saturated carbocycles. The summed E-state index contributed by atoms with van der Waals surface area (Å²) in [6, 6.07) is 13.2. The smallest absolute Gasteiger partial charge is 0.0914 e. The van der Waals surface area contributed by atoms with Crippen molar-refractivity contribution in [3.63, 3.8) is 0 Å². The first-order valence-electron chi connectivity index (χ1n) is 4.77. The number of hydrogen-bond donors (Lipinski definition) is 0. The average Bonchev–Trinajstić information content (AvgIpc) is 2.26. The molecule has 0 amide bonds. The van der Waals surface area contributed by atoms with Crippen molar-refractivity contribution >= 4 is 68.8 Å². The molecule has 2 rings (SSSR count). The third kappa shape index (κ3) is 2.47. The standard InChI is InChI=1S/C12H7Cl5/c13-11(14,12(15,16)17)10-7-3-5-8-4-1-2-6-9(8)10/h1-7H. The molecular weight excluding hydrogens is 321 g/mol. The third-order valence-corrected chi connectivity index (χ3v) is 4.89. The van der Waals surface area contributed by atoms with Gasteiger partial charge in [-0.3, -0.25) is 0 Å². The normalized spacial score (nSPS) is 13.0. The molecule has 17 heavy (non-hydrogen) atoms. The lowest BCUT2D eigenvalue weighted by molar-refractivity contribution is 0.887. The van der Waals surface area contributed by atoms with Crippen LogP contribution in [0.3, 0.4) is 0 Å². The maximum absolute atomic E-state index is 6.19. The van der Waals surface area contributed by atoms with Gasteiger partial charge in [-0.1, -0.05) is 100 Å². The minimum atomic E-state index is -1.81. The molecule has 0 spiro atoms. The van der Waals surface area contributed by atoms with E-state index in [1.807, 2.05) is 36.4 Å². The second-order valence-corrected chi connectivity index (χ2v) is 7.21. The van der Waals surface area contributed by atoms with E-state index in [0.717, 1.165) is 10.8 Å². The van der Waals surface area contributed by atoms with Crippen LogP contribution in [0.1, 0.15) is 5.56 Å². The fourth-order valence-electron chi connectivity index (χ4n) is 1.65. The van der Waals surface area contributed by atoms with Gasteiger partial charge in [0.15, 0.2) is 4.33 Å². The topological polar surface area (TPSA) is 0 Å². The summed E-state index contributed by atoms with van der Waals surface area (Å²) >= 11 is 29.9. The molecule has 0 aliphatic carbocycles. The fraction of sp³-hybridized carbons (Fsp3) is 0.167. The summed E-state index contributed by atoms with van der Waals surface area (Å²) in [7, 11) is 0. The molecule has 0 aromatic heterocycles. The maximum atomic E-state index is 6.19. The number of hydrogen-bond acceptors (Lipinski definition) is 0. The first-order chi connectivity index (χ1) is 7.84. The molecule has 0 unspecified atom stereocenters. The second-order valence-electron chi connectivity index (χ2n) is 3.60. The van der Waals surface area contributed by atoms with Crippen LogP contribution in [-0.2, 0) is 4.33 Å². The lowest BCUT2D eigenvalue weighted by Crippen LogP contribution is -2.28. The highest BCUT2D eigenvalue weighted by atomic mass is 35.6. The van der Waals surface area contributed by atoms with E-state index in [1.54, 1.807) is 6.07 Å². The van der Waals surface area contributed by atoms with E-state index in [4.69, 9.17) is 58.0 Å². The number of alkyl halides is 5. The van der Waals surface area contributed by atoms with E-state index >= 15 is 0 Å². The molecule has 5 heteroatoms. The van der Waals surface area contributed by atoms with Gasteiger partial charge in [-0.2, -0.15) is 0 Å². The molecule has 0 aliphatic rings. The summed E-state index contributed by atoms with van der Waals surface area (Å²) in [5.74, 6) is 0. The van der Waals surface area contributed by atoms with E-state index in [-0.39, 0.29) is 0 Å². The van der Waals surface area contributed by atoms with Gasteiger partial charge >= 0.3 is 0 Å². The maximum Gasteiger partial charge on any atom is 0.227 e. The van der Waals surface area contributed by atoms with Gasteiger partial charge < -0.3 is 0 Å². The molecular formula is C12H7Cl5. The highest BCUT2D eigenvalue weighted by molar-refractivity contribution is 6.75. The van der Waals surface area contributed by atoms with Gasteiger partial charge in [-0.15, -0.1) is 0 Å². The van der Waals surface area contributed by atoms with Crippen LogP contribution in [0.2, 0.25) is 0 Å². The summed E-state index contributed by atoms with van der Waals surface area (Å²) in [5, 5.41) is 1.86. The molecule has 0 bridgehead atoms. The molecule has 2 aromatic carbocycles. The van der Waals surface area contributed by atoms with Crippen molar-refractivity contribution in [3.05, 3.63) is 48.0 Å². The van der Waals surface area contributed by atoms with Crippen molar-refractivity contribution in [2.24, 2.45) is 0 Å². The zero-order valence-corrected chi connectivity index (χ0v) is 12.2. The summed E-state index contributed by atoms with van der Waals surface area (Å²) in [4.78, 5) is 0. The Morgan fingerprint density at radius 3 is 1.94 bits per heavy atom. The highest BCUT2D eigenvalue weighted by Gasteiger charge is 2.47. The van der Waals surface area contributed by atoms with Gasteiger partial charge in [0.25, 0.3) is 0 Å². The van der Waals surface area contributed by atoms with Crippen LogP contribution in [0.4, 0.5) is 0 Å². The Balaban J connectivity index is 2.72. The predicted octanol–water partition coefficient (Wildman–Crippen LogP) is 5.84. The molecule has 0 aliphatic heterocycles. The monoisotopic (exact) mass is 326 g/mol. The van der Waals surface area contributed by atoms with Crippen LogP contribution in [0.25, 0.3) is 10.8 Å². The Labute approximate surface area is 124 Å². The zero-order chi connectivity index (χ0) is 12.7. The Kier molecular flexibility index (Phi) is 3.74. The van der Waals surface area contributed by atoms with Gasteiger partial charge in [-0.25, -0.2) is 0 Å². The number of benzene rings is 2. The highest BCUT2D eigenvalue weighted by Crippen LogP contribution is 2.54. The summed E-state index contributed by atoms with van der Waals surface area (Å²) in [5.41, 5.74) is 0.582. The number of halogens is 5. The SMILES string of the molecule is ClC(Cl)(Cl)C(Cl)(Cl)c1cccc2ccccc12. The van der Waals surface area contributed by atoms with Crippen LogP contribution < -0.4 is 0 Å². The second kappa shape index (κ2) is 4.68. The quantitative estimate of drug-likeness (QED) is 0.577. The first-order valence-corrected chi connectivity index (χ1v) is 6.66. The van der Waals surface area contributed by atoms with Gasteiger partial charge in [0.05, 0.1) is 0 Å². The summed E-state index contributed by atoms with van der Waals surface area (Å²) < 4.78 is -3.40. The molecule has 0 radical (unpaired) electrons. The van der Waals surface area contributed by atoms with Crippen molar-refractivity contribution in [2.45, 2.75) is 8.13 Å². The molecule has 0 fully saturated rings. The van der Waals surface area contributed by atoms with Crippen LogP contribution in [0.15, 0.2) is 42.5 Å². The molecule has 90 valence electrons. The van der Waals surface area contributed by atoms with Gasteiger partial charge in [0.2, 0.25) is 3.79 Å². The fourth-order valence-corrected chi connectivity index (χ4v) is 2.29. The predicted molar refractivity (Wildman–Crippen MR) is 77.6 cm³/mol. The first kappa shape index (κ1) is 13.6. The minimum absolute atomic E-state index is 0.582. The zero-order valence-electron chi connectivity index (χ0n) is 8.43. The number of fused-ring (bicyclic) bond motifs is 1. The van der Waals surface area contributed by atoms with Crippen molar-refractivity contribution in [3.8, 4) is 0 Å². The molecule has 0 heterocycles. The van der Waals surface area contributed by atoms with Crippen LogP contribution in [0.5, 0.6) is 0 Å².